The van der Waals surface area contributed by atoms with Crippen molar-refractivity contribution < 1.29 is 32.3 Å². The van der Waals surface area contributed by atoms with Gasteiger partial charge in [0.25, 0.3) is 5.91 Å². The highest BCUT2D eigenvalue weighted by Crippen LogP contribution is 2.31. The maximum absolute atomic E-state index is 14.2. The average Bonchev–Trinajstić information content (AvgIpc) is 3.34. The molecule has 32 heavy (non-hydrogen) atoms. The van der Waals surface area contributed by atoms with Crippen molar-refractivity contribution in [3.63, 3.8) is 0 Å². The minimum atomic E-state index is -4.51. The lowest BCUT2D eigenvalue weighted by Gasteiger charge is -2.22. The molecule has 3 N–H and O–H groups in total. The third-order valence-corrected chi connectivity index (χ3v) is 7.64. The van der Waals surface area contributed by atoms with Crippen molar-refractivity contribution >= 4 is 56.4 Å². The molecule has 9 nitrogen and oxygen atoms in total. The summed E-state index contributed by atoms with van der Waals surface area (Å²) in [4.78, 5) is 36.8. The maximum atomic E-state index is 14.2. The Morgan fingerprint density at radius 3 is 2.62 bits per heavy atom. The fourth-order valence-electron chi connectivity index (χ4n) is 3.25. The summed E-state index contributed by atoms with van der Waals surface area (Å²) in [6.07, 6.45) is 0.831. The zero-order valence-corrected chi connectivity index (χ0v) is 19.1. The van der Waals surface area contributed by atoms with E-state index in [4.69, 9.17) is 11.6 Å². The fourth-order valence-corrected chi connectivity index (χ4v) is 5.67. The second-order valence-corrected chi connectivity index (χ2v) is 10.4. The molecule has 1 aliphatic heterocycles. The summed E-state index contributed by atoms with van der Waals surface area (Å²) in [7, 11) is -4.51. The highest BCUT2D eigenvalue weighted by molar-refractivity contribution is 7.89. The van der Waals surface area contributed by atoms with E-state index in [0.29, 0.717) is 17.3 Å². The Labute approximate surface area is 192 Å². The molecular formula is C19H19ClFN3O6S2. The molecule has 3 rings (SSSR count). The number of carbonyl (C=O) groups excluding carboxylic acids is 2. The standard InChI is InChI=1S/C19H19ClFN3O6S2/c1-10-13(24-6-2-3-17(24)25)7-11(21)8-15(10)32(29,30)23-12(19(27)28)9-22-18(26)14-4-5-16(20)31-14/h4-5,7-8,12,23H,2-3,6,9H2,1H3,(H,22,26)(H,27,28)/t12-/m0/s1. The van der Waals surface area contributed by atoms with Gasteiger partial charge in [-0.3, -0.25) is 14.4 Å². The summed E-state index contributed by atoms with van der Waals surface area (Å²) < 4.78 is 42.4. The van der Waals surface area contributed by atoms with Crippen LogP contribution in [0, 0.1) is 12.7 Å². The van der Waals surface area contributed by atoms with E-state index in [-0.39, 0.29) is 28.5 Å². The van der Waals surface area contributed by atoms with Crippen molar-refractivity contribution in [2.24, 2.45) is 0 Å². The van der Waals surface area contributed by atoms with E-state index in [1.807, 2.05) is 4.72 Å². The van der Waals surface area contributed by atoms with Crippen LogP contribution in [0.15, 0.2) is 29.2 Å². The summed E-state index contributed by atoms with van der Waals surface area (Å²) in [5.41, 5.74) is 0.221. The molecule has 0 radical (unpaired) electrons. The van der Waals surface area contributed by atoms with Gasteiger partial charge in [0.1, 0.15) is 11.9 Å². The number of amides is 2. The number of nitrogens with zero attached hydrogens (tertiary/aromatic N) is 1. The first-order valence-corrected chi connectivity index (χ1v) is 12.1. The number of sulfonamides is 1. The van der Waals surface area contributed by atoms with Gasteiger partial charge in [-0.05, 0) is 43.2 Å². The lowest BCUT2D eigenvalue weighted by molar-refractivity contribution is -0.138. The van der Waals surface area contributed by atoms with Crippen LogP contribution in [0.1, 0.15) is 28.1 Å². The van der Waals surface area contributed by atoms with Crippen molar-refractivity contribution in [1.29, 1.82) is 0 Å². The van der Waals surface area contributed by atoms with Crippen molar-refractivity contribution in [2.75, 3.05) is 18.0 Å². The number of thiophene rings is 1. The van der Waals surface area contributed by atoms with Gasteiger partial charge in [-0.15, -0.1) is 11.3 Å². The zero-order valence-electron chi connectivity index (χ0n) is 16.7. The second kappa shape index (κ2) is 9.53. The van der Waals surface area contributed by atoms with Gasteiger partial charge in [-0.25, -0.2) is 12.8 Å². The number of hydrogen-bond donors (Lipinski definition) is 3. The van der Waals surface area contributed by atoms with Crippen molar-refractivity contribution in [3.05, 3.63) is 44.9 Å². The third-order valence-electron chi connectivity index (χ3n) is 4.81. The first kappa shape index (κ1) is 24.1. The fraction of sp³-hybridized carbons (Fsp3) is 0.316. The van der Waals surface area contributed by atoms with Crippen LogP contribution < -0.4 is 14.9 Å². The normalized spacial score (nSPS) is 15.1. The smallest absolute Gasteiger partial charge is 0.323 e. The molecule has 1 fully saturated rings. The molecule has 1 atom stereocenters. The molecule has 1 saturated heterocycles. The molecule has 0 spiro atoms. The monoisotopic (exact) mass is 503 g/mol. The lowest BCUT2D eigenvalue weighted by atomic mass is 10.2. The van der Waals surface area contributed by atoms with Gasteiger partial charge in [-0.1, -0.05) is 11.6 Å². The van der Waals surface area contributed by atoms with Crippen LogP contribution in [0.4, 0.5) is 10.1 Å². The van der Waals surface area contributed by atoms with Gasteiger partial charge < -0.3 is 15.3 Å². The van der Waals surface area contributed by atoms with Gasteiger partial charge >= 0.3 is 5.97 Å². The van der Waals surface area contributed by atoms with Crippen molar-refractivity contribution in [3.8, 4) is 0 Å². The Bertz CT molecular complexity index is 1180. The van der Waals surface area contributed by atoms with Gasteiger partial charge in [0.05, 0.1) is 19.8 Å². The molecule has 2 aromatic rings. The highest BCUT2D eigenvalue weighted by Gasteiger charge is 2.31. The van der Waals surface area contributed by atoms with Crippen LogP contribution in [0.3, 0.4) is 0 Å². The van der Waals surface area contributed by atoms with Crippen LogP contribution in [0.2, 0.25) is 4.34 Å². The Hall–Kier alpha value is -2.54. The number of rotatable bonds is 8. The predicted octanol–water partition coefficient (Wildman–Crippen LogP) is 2.14. The summed E-state index contributed by atoms with van der Waals surface area (Å²) in [5.74, 6) is -3.30. The van der Waals surface area contributed by atoms with Gasteiger partial charge in [-0.2, -0.15) is 4.72 Å². The summed E-state index contributed by atoms with van der Waals surface area (Å²) in [5, 5.41) is 11.8. The summed E-state index contributed by atoms with van der Waals surface area (Å²) >= 11 is 6.74. The molecule has 1 aromatic carbocycles. The van der Waals surface area contributed by atoms with E-state index in [2.05, 4.69) is 5.32 Å². The lowest BCUT2D eigenvalue weighted by Crippen LogP contribution is -2.48. The molecule has 1 aliphatic rings. The number of carboxylic acid groups (broad SMARTS) is 1. The van der Waals surface area contributed by atoms with Crippen LogP contribution in [0.25, 0.3) is 0 Å². The molecule has 2 heterocycles. The number of nitrogens with one attached hydrogen (secondary N) is 2. The molecule has 172 valence electrons. The van der Waals surface area contributed by atoms with Gasteiger partial charge in [0.15, 0.2) is 0 Å². The number of carboxylic acids is 1. The molecule has 1 aromatic heterocycles. The van der Waals surface area contributed by atoms with Crippen molar-refractivity contribution in [2.45, 2.75) is 30.7 Å². The minimum Gasteiger partial charge on any atom is -0.480 e. The van der Waals surface area contributed by atoms with Gasteiger partial charge in [0.2, 0.25) is 15.9 Å². The Kier molecular flexibility index (Phi) is 7.18. The number of halogens is 2. The summed E-state index contributed by atoms with van der Waals surface area (Å²) in [6.45, 7) is 1.17. The number of carbonyl (C=O) groups is 3. The molecule has 0 bridgehead atoms. The van der Waals surface area contributed by atoms with E-state index in [1.165, 1.54) is 24.0 Å². The first-order valence-electron chi connectivity index (χ1n) is 9.39. The number of anilines is 1. The van der Waals surface area contributed by atoms with E-state index in [1.54, 1.807) is 0 Å². The van der Waals surface area contributed by atoms with Crippen LogP contribution in [-0.4, -0.2) is 50.4 Å². The van der Waals surface area contributed by atoms with E-state index in [0.717, 1.165) is 23.5 Å². The topological polar surface area (TPSA) is 133 Å². The van der Waals surface area contributed by atoms with E-state index in [9.17, 15) is 32.3 Å². The molecule has 0 unspecified atom stereocenters. The largest absolute Gasteiger partial charge is 0.480 e. The maximum Gasteiger partial charge on any atom is 0.323 e. The first-order chi connectivity index (χ1) is 15.0. The average molecular weight is 504 g/mol. The quantitative estimate of drug-likeness (QED) is 0.505. The molecule has 13 heteroatoms. The SMILES string of the molecule is Cc1c(N2CCCC2=O)cc(F)cc1S(=O)(=O)N[C@@H](CNC(=O)c1ccc(Cl)s1)C(=O)O. The van der Waals surface area contributed by atoms with Crippen molar-refractivity contribution in [1.82, 2.24) is 10.0 Å². The number of hydrogen-bond acceptors (Lipinski definition) is 6. The van der Waals surface area contributed by atoms with E-state index < -0.39 is 45.2 Å². The van der Waals surface area contributed by atoms with Crippen LogP contribution >= 0.6 is 22.9 Å². The highest BCUT2D eigenvalue weighted by atomic mass is 35.5. The molecule has 0 saturated carbocycles. The summed E-state index contributed by atoms with van der Waals surface area (Å²) in [6, 6.07) is 3.04. The predicted molar refractivity (Wildman–Crippen MR) is 116 cm³/mol. The van der Waals surface area contributed by atoms with Crippen LogP contribution in [0.5, 0.6) is 0 Å². The molecular weight excluding hydrogens is 485 g/mol. The Morgan fingerprint density at radius 1 is 1.34 bits per heavy atom. The van der Waals surface area contributed by atoms with Gasteiger partial charge in [0, 0.05) is 19.5 Å². The molecule has 0 aliphatic carbocycles. The van der Waals surface area contributed by atoms with Crippen LogP contribution in [-0.2, 0) is 19.6 Å². The Balaban J connectivity index is 1.82. The second-order valence-electron chi connectivity index (χ2n) is 7.02. The van der Waals surface area contributed by atoms with E-state index >= 15 is 0 Å². The molecule has 2 amide bonds. The zero-order chi connectivity index (χ0) is 23.6. The third kappa shape index (κ3) is 5.26. The number of aliphatic carboxylic acids is 1. The minimum absolute atomic E-state index is 0.107. The Morgan fingerprint density at radius 2 is 2.06 bits per heavy atom. The number of benzene rings is 1.